The third-order valence-corrected chi connectivity index (χ3v) is 3.67. The van der Waals surface area contributed by atoms with Gasteiger partial charge >= 0.3 is 0 Å². The first kappa shape index (κ1) is 12.2. The number of fused-ring (bicyclic) bond motifs is 1. The van der Waals surface area contributed by atoms with Crippen molar-refractivity contribution < 1.29 is 0 Å². The minimum Gasteiger partial charge on any atom is -0.368 e. The van der Waals surface area contributed by atoms with Crippen LogP contribution in [-0.2, 0) is 0 Å². The summed E-state index contributed by atoms with van der Waals surface area (Å²) in [5.74, 6) is 1.77. The predicted molar refractivity (Wildman–Crippen MR) is 75.0 cm³/mol. The first-order chi connectivity index (χ1) is 9.13. The first-order valence-electron chi connectivity index (χ1n) is 6.50. The van der Waals surface area contributed by atoms with Crippen molar-refractivity contribution in [2.45, 2.75) is 6.42 Å². The fourth-order valence-corrected chi connectivity index (χ4v) is 2.76. The van der Waals surface area contributed by atoms with Gasteiger partial charge in [-0.3, -0.25) is 0 Å². The summed E-state index contributed by atoms with van der Waals surface area (Å²) >= 11 is 0. The molecule has 0 saturated carbocycles. The standard InChI is InChI=1S/C12H19N7/c1-18-4-3-8(5-18)6-19(2)11-9-10(15-7-14-9)16-12(13)17-11/h7-8H,3-6H2,1-2H3,(H3,13,14,15,16,17). The fraction of sp³-hybridized carbons (Fsp3) is 0.583. The predicted octanol–water partition coefficient (Wildman–Crippen LogP) is 0.323. The van der Waals surface area contributed by atoms with Gasteiger partial charge < -0.3 is 20.5 Å². The van der Waals surface area contributed by atoms with Crippen molar-refractivity contribution in [3.8, 4) is 0 Å². The number of hydrogen-bond donors (Lipinski definition) is 2. The highest BCUT2D eigenvalue weighted by Crippen LogP contribution is 2.23. The smallest absolute Gasteiger partial charge is 0.224 e. The number of aromatic amines is 1. The Hall–Kier alpha value is -1.89. The molecule has 19 heavy (non-hydrogen) atoms. The van der Waals surface area contributed by atoms with Crippen LogP contribution in [0.2, 0.25) is 0 Å². The monoisotopic (exact) mass is 261 g/mol. The molecule has 1 atom stereocenters. The molecule has 0 radical (unpaired) electrons. The van der Waals surface area contributed by atoms with Crippen molar-refractivity contribution in [1.82, 2.24) is 24.8 Å². The van der Waals surface area contributed by atoms with E-state index in [-0.39, 0.29) is 5.95 Å². The van der Waals surface area contributed by atoms with Crippen LogP contribution in [0.3, 0.4) is 0 Å². The van der Waals surface area contributed by atoms with Gasteiger partial charge in [-0.25, -0.2) is 4.98 Å². The molecule has 2 aromatic rings. The molecule has 102 valence electrons. The number of rotatable bonds is 3. The molecule has 0 spiro atoms. The van der Waals surface area contributed by atoms with Gasteiger partial charge in [0.25, 0.3) is 0 Å². The molecule has 0 aromatic carbocycles. The van der Waals surface area contributed by atoms with Crippen LogP contribution < -0.4 is 10.6 Å². The zero-order chi connectivity index (χ0) is 13.4. The molecule has 1 aliphatic rings. The molecule has 3 N–H and O–H groups in total. The zero-order valence-electron chi connectivity index (χ0n) is 11.3. The van der Waals surface area contributed by atoms with Crippen molar-refractivity contribution in [2.75, 3.05) is 44.4 Å². The number of H-pyrrole nitrogens is 1. The van der Waals surface area contributed by atoms with Crippen molar-refractivity contribution >= 4 is 22.9 Å². The van der Waals surface area contributed by atoms with Gasteiger partial charge in [-0.1, -0.05) is 0 Å². The van der Waals surface area contributed by atoms with Crippen LogP contribution in [0.4, 0.5) is 11.8 Å². The summed E-state index contributed by atoms with van der Waals surface area (Å²) in [6.45, 7) is 3.27. The molecule has 2 aromatic heterocycles. The molecule has 3 heterocycles. The maximum absolute atomic E-state index is 5.74. The number of anilines is 2. The SMILES string of the molecule is CN1CCC(CN(C)c2nc(N)nc3nc[nH]c23)C1. The minimum atomic E-state index is 0.269. The van der Waals surface area contributed by atoms with Crippen LogP contribution in [-0.4, -0.2) is 58.6 Å². The molecule has 3 rings (SSSR count). The Morgan fingerprint density at radius 1 is 1.53 bits per heavy atom. The van der Waals surface area contributed by atoms with E-state index in [4.69, 9.17) is 5.73 Å². The van der Waals surface area contributed by atoms with Crippen LogP contribution in [0.25, 0.3) is 11.2 Å². The normalized spacial score (nSPS) is 20.2. The molecule has 0 amide bonds. The topological polar surface area (TPSA) is 87.0 Å². The molecular formula is C12H19N7. The van der Waals surface area contributed by atoms with Gasteiger partial charge in [0.1, 0.15) is 5.52 Å². The zero-order valence-corrected chi connectivity index (χ0v) is 11.3. The second-order valence-electron chi connectivity index (χ2n) is 5.30. The molecular weight excluding hydrogens is 242 g/mol. The number of nitrogens with one attached hydrogen (secondary N) is 1. The molecule has 1 aliphatic heterocycles. The maximum atomic E-state index is 5.74. The van der Waals surface area contributed by atoms with Gasteiger partial charge in [0, 0.05) is 20.1 Å². The summed E-state index contributed by atoms with van der Waals surface area (Å²) in [6.07, 6.45) is 2.85. The molecule has 0 bridgehead atoms. The van der Waals surface area contributed by atoms with Crippen LogP contribution in [0.1, 0.15) is 6.42 Å². The van der Waals surface area contributed by atoms with E-state index < -0.39 is 0 Å². The van der Waals surface area contributed by atoms with E-state index in [0.717, 1.165) is 24.4 Å². The molecule has 1 fully saturated rings. The van der Waals surface area contributed by atoms with E-state index in [9.17, 15) is 0 Å². The van der Waals surface area contributed by atoms with Crippen molar-refractivity contribution in [1.29, 1.82) is 0 Å². The van der Waals surface area contributed by atoms with E-state index >= 15 is 0 Å². The summed E-state index contributed by atoms with van der Waals surface area (Å²) in [5, 5.41) is 0. The van der Waals surface area contributed by atoms with E-state index in [2.05, 4.69) is 36.8 Å². The Bertz CT molecular complexity index is 578. The lowest BCUT2D eigenvalue weighted by Gasteiger charge is -2.22. The first-order valence-corrected chi connectivity index (χ1v) is 6.50. The average Bonchev–Trinajstić information content (AvgIpc) is 2.96. The van der Waals surface area contributed by atoms with Gasteiger partial charge in [-0.05, 0) is 25.9 Å². The summed E-state index contributed by atoms with van der Waals surface area (Å²) in [6, 6.07) is 0. The second kappa shape index (κ2) is 4.65. The van der Waals surface area contributed by atoms with Crippen molar-refractivity contribution in [3.05, 3.63) is 6.33 Å². The molecule has 7 nitrogen and oxygen atoms in total. The second-order valence-corrected chi connectivity index (χ2v) is 5.30. The van der Waals surface area contributed by atoms with Gasteiger partial charge in [0.15, 0.2) is 11.5 Å². The highest BCUT2D eigenvalue weighted by molar-refractivity contribution is 5.83. The highest BCUT2D eigenvalue weighted by atomic mass is 15.2. The molecule has 7 heteroatoms. The van der Waals surface area contributed by atoms with Crippen LogP contribution >= 0.6 is 0 Å². The fourth-order valence-electron chi connectivity index (χ4n) is 2.76. The Kier molecular flexibility index (Phi) is 2.98. The van der Waals surface area contributed by atoms with E-state index in [0.29, 0.717) is 11.6 Å². The molecule has 1 unspecified atom stereocenters. The average molecular weight is 261 g/mol. The Morgan fingerprint density at radius 2 is 2.37 bits per heavy atom. The highest BCUT2D eigenvalue weighted by Gasteiger charge is 2.22. The molecule has 1 saturated heterocycles. The van der Waals surface area contributed by atoms with Gasteiger partial charge in [0.05, 0.1) is 6.33 Å². The van der Waals surface area contributed by atoms with Gasteiger partial charge in [-0.2, -0.15) is 9.97 Å². The summed E-state index contributed by atoms with van der Waals surface area (Å²) in [4.78, 5) is 20.2. The van der Waals surface area contributed by atoms with Crippen molar-refractivity contribution in [3.63, 3.8) is 0 Å². The van der Waals surface area contributed by atoms with Crippen LogP contribution in [0.5, 0.6) is 0 Å². The third-order valence-electron chi connectivity index (χ3n) is 3.67. The number of imidazole rings is 1. The van der Waals surface area contributed by atoms with Crippen LogP contribution in [0, 0.1) is 5.92 Å². The maximum Gasteiger partial charge on any atom is 0.224 e. The summed E-state index contributed by atoms with van der Waals surface area (Å²) in [5.41, 5.74) is 7.21. The van der Waals surface area contributed by atoms with E-state index in [1.807, 2.05) is 7.05 Å². The van der Waals surface area contributed by atoms with Gasteiger partial charge in [-0.15, -0.1) is 0 Å². The number of nitrogens with two attached hydrogens (primary N) is 1. The quantitative estimate of drug-likeness (QED) is 0.827. The Balaban J connectivity index is 1.84. The lowest BCUT2D eigenvalue weighted by atomic mass is 10.1. The van der Waals surface area contributed by atoms with Crippen LogP contribution in [0.15, 0.2) is 6.33 Å². The Morgan fingerprint density at radius 3 is 3.11 bits per heavy atom. The third kappa shape index (κ3) is 2.33. The van der Waals surface area contributed by atoms with E-state index in [1.165, 1.54) is 13.0 Å². The van der Waals surface area contributed by atoms with E-state index in [1.54, 1.807) is 6.33 Å². The summed E-state index contributed by atoms with van der Waals surface area (Å²) < 4.78 is 0. The number of nitrogen functional groups attached to an aromatic ring is 1. The van der Waals surface area contributed by atoms with Gasteiger partial charge in [0.2, 0.25) is 5.95 Å². The van der Waals surface area contributed by atoms with Crippen molar-refractivity contribution in [2.24, 2.45) is 5.92 Å². The number of nitrogens with zero attached hydrogens (tertiary/aromatic N) is 5. The molecule has 0 aliphatic carbocycles. The minimum absolute atomic E-state index is 0.269. The lowest BCUT2D eigenvalue weighted by Crippen LogP contribution is -2.28. The lowest BCUT2D eigenvalue weighted by molar-refractivity contribution is 0.395. The summed E-state index contributed by atoms with van der Waals surface area (Å²) in [7, 11) is 4.20. The Labute approximate surface area is 111 Å². The number of likely N-dealkylation sites (tertiary alicyclic amines) is 1. The number of aromatic nitrogens is 4. The largest absolute Gasteiger partial charge is 0.368 e. The number of hydrogen-bond acceptors (Lipinski definition) is 6.